The summed E-state index contributed by atoms with van der Waals surface area (Å²) >= 11 is 6.11. The zero-order valence-electron chi connectivity index (χ0n) is 18.6. The fourth-order valence-electron chi connectivity index (χ4n) is 3.96. The molecule has 1 aliphatic rings. The van der Waals surface area contributed by atoms with Crippen LogP contribution >= 0.6 is 11.6 Å². The van der Waals surface area contributed by atoms with Gasteiger partial charge in [0.2, 0.25) is 0 Å². The predicted molar refractivity (Wildman–Crippen MR) is 128 cm³/mol. The smallest absolute Gasteiger partial charge is 0.254 e. The molecule has 0 spiro atoms. The van der Waals surface area contributed by atoms with E-state index in [9.17, 15) is 17.6 Å². The lowest BCUT2D eigenvalue weighted by atomic mass is 10.0. The highest BCUT2D eigenvalue weighted by molar-refractivity contribution is 7.90. The molecule has 1 aliphatic heterocycles. The molecule has 34 heavy (non-hydrogen) atoms. The van der Waals surface area contributed by atoms with E-state index in [1.165, 1.54) is 6.07 Å². The van der Waals surface area contributed by atoms with Crippen molar-refractivity contribution in [1.29, 1.82) is 0 Å². The maximum absolute atomic E-state index is 15.0. The molecule has 0 fully saturated rings. The van der Waals surface area contributed by atoms with Crippen molar-refractivity contribution in [2.24, 2.45) is 0 Å². The number of pyridine rings is 1. The van der Waals surface area contributed by atoms with Crippen molar-refractivity contribution in [3.63, 3.8) is 0 Å². The van der Waals surface area contributed by atoms with Gasteiger partial charge in [-0.15, -0.1) is 0 Å². The number of carbonyl (C=O) groups excluding carboxylic acids is 1. The second-order valence-corrected chi connectivity index (χ2v) is 10.4. The van der Waals surface area contributed by atoms with Gasteiger partial charge in [-0.1, -0.05) is 24.6 Å². The summed E-state index contributed by atoms with van der Waals surface area (Å²) in [6.07, 6.45) is 2.73. The largest absolute Gasteiger partial charge is 0.491 e. The van der Waals surface area contributed by atoms with Gasteiger partial charge in [0.15, 0.2) is 9.84 Å². The Kier molecular flexibility index (Phi) is 6.51. The molecule has 2 N–H and O–H groups in total. The van der Waals surface area contributed by atoms with Crippen LogP contribution in [0, 0.1) is 5.82 Å². The molecular weight excluding hydrogens is 481 g/mol. The average Bonchev–Trinajstić information content (AvgIpc) is 3.01. The van der Waals surface area contributed by atoms with E-state index in [2.05, 4.69) is 4.98 Å². The molecule has 0 radical (unpaired) electrons. The Morgan fingerprint density at radius 2 is 2.00 bits per heavy atom. The molecule has 0 aliphatic carbocycles. The van der Waals surface area contributed by atoms with Crippen LogP contribution < -0.4 is 10.5 Å². The van der Waals surface area contributed by atoms with Crippen LogP contribution in [-0.4, -0.2) is 43.6 Å². The molecule has 1 aromatic heterocycles. The van der Waals surface area contributed by atoms with E-state index < -0.39 is 26.5 Å². The normalized spacial score (nSPS) is 13.7. The predicted octanol–water partition coefficient (Wildman–Crippen LogP) is 4.12. The Labute approximate surface area is 202 Å². The van der Waals surface area contributed by atoms with E-state index >= 15 is 0 Å². The number of hydrogen-bond donors (Lipinski definition) is 1. The Morgan fingerprint density at radius 1 is 1.24 bits per heavy atom. The molecule has 3 aromatic rings. The molecule has 178 valence electrons. The lowest BCUT2D eigenvalue weighted by Crippen LogP contribution is -2.33. The Morgan fingerprint density at radius 3 is 2.68 bits per heavy atom. The number of nitrogens with two attached hydrogens (primary N) is 1. The molecule has 4 rings (SSSR count). The molecule has 0 saturated carbocycles. The van der Waals surface area contributed by atoms with Crippen LogP contribution in [0.25, 0.3) is 11.1 Å². The lowest BCUT2D eigenvalue weighted by Gasteiger charge is -2.22. The van der Waals surface area contributed by atoms with Crippen LogP contribution in [0.15, 0.2) is 47.5 Å². The highest BCUT2D eigenvalue weighted by Crippen LogP contribution is 2.32. The standard InChI is InChI=1S/C24H23ClFN3O4S/c1-3-17-18(5-7-21(22(17)26)34(2,31)32)24(30)29-8-9-33-20-6-4-14(10-16(20)13-29)15-11-19(25)23(27)28-12-15/h4-7,10-12H,3,8-9,13H2,1-2H3,(H2,27,28). The molecule has 7 nitrogen and oxygen atoms in total. The number of halogens is 2. The summed E-state index contributed by atoms with van der Waals surface area (Å²) in [5, 5.41) is 0.340. The molecule has 10 heteroatoms. The van der Waals surface area contributed by atoms with Gasteiger partial charge >= 0.3 is 0 Å². The van der Waals surface area contributed by atoms with Gasteiger partial charge in [-0.25, -0.2) is 17.8 Å². The number of amides is 1. The number of ether oxygens (including phenoxy) is 1. The van der Waals surface area contributed by atoms with E-state index in [0.717, 1.165) is 29.0 Å². The van der Waals surface area contributed by atoms with Crippen LogP contribution in [-0.2, 0) is 22.8 Å². The monoisotopic (exact) mass is 503 g/mol. The second-order valence-electron chi connectivity index (χ2n) is 8.02. The number of fused-ring (bicyclic) bond motifs is 1. The van der Waals surface area contributed by atoms with Crippen molar-refractivity contribution in [3.8, 4) is 16.9 Å². The van der Waals surface area contributed by atoms with Crippen molar-refractivity contribution in [3.05, 3.63) is 70.1 Å². The van der Waals surface area contributed by atoms with E-state index in [1.807, 2.05) is 18.2 Å². The first-order valence-corrected chi connectivity index (χ1v) is 12.8. The number of hydrogen-bond acceptors (Lipinski definition) is 6. The van der Waals surface area contributed by atoms with E-state index in [1.54, 1.807) is 24.1 Å². The van der Waals surface area contributed by atoms with Crippen molar-refractivity contribution in [2.75, 3.05) is 25.1 Å². The Hall–Kier alpha value is -3.17. The van der Waals surface area contributed by atoms with E-state index in [-0.39, 0.29) is 43.1 Å². The number of rotatable bonds is 4. The average molecular weight is 504 g/mol. The fraction of sp³-hybridized carbons (Fsp3) is 0.250. The molecule has 0 bridgehead atoms. The lowest BCUT2D eigenvalue weighted by molar-refractivity contribution is 0.0731. The number of benzene rings is 2. The molecule has 0 unspecified atom stereocenters. The van der Waals surface area contributed by atoms with Crippen molar-refractivity contribution < 1.29 is 22.3 Å². The number of carbonyl (C=O) groups is 1. The zero-order chi connectivity index (χ0) is 24.6. The van der Waals surface area contributed by atoms with Crippen molar-refractivity contribution in [1.82, 2.24) is 9.88 Å². The van der Waals surface area contributed by atoms with Crippen LogP contribution in [0.1, 0.15) is 28.4 Å². The maximum Gasteiger partial charge on any atom is 0.254 e. The molecule has 2 aromatic carbocycles. The van der Waals surface area contributed by atoms with Crippen molar-refractivity contribution >= 4 is 33.2 Å². The molecule has 1 amide bonds. The summed E-state index contributed by atoms with van der Waals surface area (Å²) in [4.78, 5) is 18.7. The minimum absolute atomic E-state index is 0.0784. The SMILES string of the molecule is CCc1c(C(=O)N2CCOc3ccc(-c4cnc(N)c(Cl)c4)cc3C2)ccc(S(C)(=O)=O)c1F. The summed E-state index contributed by atoms with van der Waals surface area (Å²) in [6, 6.07) is 9.82. The number of sulfone groups is 1. The first-order chi connectivity index (χ1) is 16.1. The van der Waals surface area contributed by atoms with Crippen LogP contribution in [0.4, 0.5) is 10.2 Å². The third-order valence-electron chi connectivity index (χ3n) is 5.72. The minimum atomic E-state index is -3.76. The summed E-state index contributed by atoms with van der Waals surface area (Å²) in [5.41, 5.74) is 8.27. The fourth-order valence-corrected chi connectivity index (χ4v) is 4.89. The summed E-state index contributed by atoms with van der Waals surface area (Å²) in [6.45, 7) is 2.46. The third-order valence-corrected chi connectivity index (χ3v) is 7.14. The number of aromatic nitrogens is 1. The van der Waals surface area contributed by atoms with Gasteiger partial charge in [-0.3, -0.25) is 4.79 Å². The summed E-state index contributed by atoms with van der Waals surface area (Å²) in [7, 11) is -3.76. The molecular formula is C24H23ClFN3O4S. The van der Waals surface area contributed by atoms with Crippen LogP contribution in [0.5, 0.6) is 5.75 Å². The first kappa shape index (κ1) is 24.0. The Balaban J connectivity index is 1.69. The number of anilines is 1. The quantitative estimate of drug-likeness (QED) is 0.574. The van der Waals surface area contributed by atoms with E-state index in [4.69, 9.17) is 22.1 Å². The topological polar surface area (TPSA) is 103 Å². The summed E-state index contributed by atoms with van der Waals surface area (Å²) < 4.78 is 44.6. The van der Waals surface area contributed by atoms with Gasteiger partial charge in [-0.2, -0.15) is 0 Å². The van der Waals surface area contributed by atoms with Crippen LogP contribution in [0.3, 0.4) is 0 Å². The number of nitrogens with zero attached hydrogens (tertiary/aromatic N) is 2. The van der Waals surface area contributed by atoms with Gasteiger partial charge in [0.05, 0.1) is 11.6 Å². The molecule has 2 heterocycles. The minimum Gasteiger partial charge on any atom is -0.491 e. The van der Waals surface area contributed by atoms with Gasteiger partial charge in [-0.05, 0) is 42.3 Å². The highest BCUT2D eigenvalue weighted by atomic mass is 35.5. The second kappa shape index (κ2) is 9.23. The Bertz CT molecular complexity index is 1400. The van der Waals surface area contributed by atoms with Crippen molar-refractivity contribution in [2.45, 2.75) is 24.8 Å². The van der Waals surface area contributed by atoms with Gasteiger partial charge in [0.25, 0.3) is 5.91 Å². The molecule has 0 saturated heterocycles. The van der Waals surface area contributed by atoms with Gasteiger partial charge in [0.1, 0.15) is 28.9 Å². The highest BCUT2D eigenvalue weighted by Gasteiger charge is 2.27. The van der Waals surface area contributed by atoms with E-state index in [0.29, 0.717) is 10.8 Å². The van der Waals surface area contributed by atoms with Crippen LogP contribution in [0.2, 0.25) is 5.02 Å². The van der Waals surface area contributed by atoms with Gasteiger partial charge in [0, 0.05) is 41.3 Å². The zero-order valence-corrected chi connectivity index (χ0v) is 20.2. The first-order valence-electron chi connectivity index (χ1n) is 10.6. The van der Waals surface area contributed by atoms with Gasteiger partial charge < -0.3 is 15.4 Å². The maximum atomic E-state index is 15.0. The third kappa shape index (κ3) is 4.58. The number of nitrogen functional groups attached to an aromatic ring is 1. The molecule has 0 atom stereocenters. The summed E-state index contributed by atoms with van der Waals surface area (Å²) in [5.74, 6) is -0.392.